The molecule has 0 spiro atoms. The predicted octanol–water partition coefficient (Wildman–Crippen LogP) is 0.630. The maximum atomic E-state index is 11.5. The van der Waals surface area contributed by atoms with Crippen molar-refractivity contribution in [1.82, 2.24) is 0 Å². The van der Waals surface area contributed by atoms with Crippen LogP contribution in [0.1, 0.15) is 6.92 Å². The van der Waals surface area contributed by atoms with Gasteiger partial charge in [0.2, 0.25) is 0 Å². The molecule has 0 saturated carbocycles. The van der Waals surface area contributed by atoms with E-state index in [-0.39, 0.29) is 11.7 Å². The molecule has 0 aliphatic heterocycles. The number of ether oxygens (including phenoxy) is 2. The third-order valence-electron chi connectivity index (χ3n) is 1.01. The molecule has 0 atom stereocenters. The molecule has 0 amide bonds. The first kappa shape index (κ1) is 21.1. The number of nitriles is 1. The van der Waals surface area contributed by atoms with Crippen molar-refractivity contribution in [2.45, 2.75) is 6.92 Å². The van der Waals surface area contributed by atoms with E-state index < -0.39 is 19.3 Å². The number of halogens is 2. The van der Waals surface area contributed by atoms with Crippen LogP contribution < -0.4 is 5.73 Å². The second-order valence-electron chi connectivity index (χ2n) is 2.36. The van der Waals surface area contributed by atoms with E-state index in [1.165, 1.54) is 27.2 Å². The Morgan fingerprint density at radius 1 is 1.33 bits per heavy atom. The molecule has 0 aromatic rings. The highest BCUT2D eigenvalue weighted by molar-refractivity contribution is 5.82. The maximum absolute atomic E-state index is 11.5. The fourth-order valence-electron chi connectivity index (χ4n) is 0.249. The fourth-order valence-corrected chi connectivity index (χ4v) is 0.249. The SMILES string of the molecule is COC(=O)/C=C(\N)CF.COC(C)=O.N#CCF. The number of methoxy groups -OCH3 is 2. The molecular weight excluding hydrogens is 250 g/mol. The monoisotopic (exact) mass is 266 g/mol. The number of hydrogen-bond acceptors (Lipinski definition) is 6. The van der Waals surface area contributed by atoms with Crippen molar-refractivity contribution in [2.24, 2.45) is 5.73 Å². The average Bonchev–Trinajstić information content (AvgIpc) is 2.39. The van der Waals surface area contributed by atoms with Crippen molar-refractivity contribution in [2.75, 3.05) is 27.6 Å². The number of hydrogen-bond donors (Lipinski definition) is 1. The number of allylic oxidation sites excluding steroid dienone is 1. The highest BCUT2D eigenvalue weighted by atomic mass is 19.1. The van der Waals surface area contributed by atoms with Gasteiger partial charge in [0, 0.05) is 18.7 Å². The van der Waals surface area contributed by atoms with E-state index in [2.05, 4.69) is 9.47 Å². The van der Waals surface area contributed by atoms with Crippen molar-refractivity contribution >= 4 is 11.9 Å². The standard InChI is InChI=1S/C5H8FNO2.C3H6O2.C2H2FN/c1-9-5(8)2-4(7)3-6;1-3(4)5-2;3-1-2-4/h2H,3,7H2,1H3;1-2H3;1H2/b4-2-;;. The van der Waals surface area contributed by atoms with E-state index in [0.717, 1.165) is 6.08 Å². The first-order valence-corrected chi connectivity index (χ1v) is 4.46. The first-order chi connectivity index (χ1) is 8.39. The van der Waals surface area contributed by atoms with Gasteiger partial charge in [-0.05, 0) is 0 Å². The van der Waals surface area contributed by atoms with Gasteiger partial charge >= 0.3 is 11.9 Å². The van der Waals surface area contributed by atoms with Gasteiger partial charge in [0.05, 0.1) is 20.3 Å². The Morgan fingerprint density at radius 3 is 1.89 bits per heavy atom. The average molecular weight is 266 g/mol. The number of rotatable bonds is 2. The normalized spacial score (nSPS) is 8.56. The molecule has 0 unspecified atom stereocenters. The van der Waals surface area contributed by atoms with Crippen LogP contribution in [0.2, 0.25) is 0 Å². The summed E-state index contributed by atoms with van der Waals surface area (Å²) in [6, 6.07) is 1.26. The third kappa shape index (κ3) is 29.2. The summed E-state index contributed by atoms with van der Waals surface area (Å²) < 4.78 is 30.1. The fraction of sp³-hybridized carbons (Fsp3) is 0.500. The van der Waals surface area contributed by atoms with Crippen molar-refractivity contribution in [1.29, 1.82) is 5.26 Å². The molecule has 0 radical (unpaired) electrons. The Balaban J connectivity index is -0.000000212. The van der Waals surface area contributed by atoms with Crippen molar-refractivity contribution in [3.05, 3.63) is 11.8 Å². The van der Waals surface area contributed by atoms with E-state index >= 15 is 0 Å². The number of nitrogens with two attached hydrogens (primary N) is 1. The molecule has 8 heteroatoms. The Labute approximate surface area is 104 Å². The lowest BCUT2D eigenvalue weighted by molar-refractivity contribution is -0.138. The third-order valence-corrected chi connectivity index (χ3v) is 1.01. The maximum Gasteiger partial charge on any atom is 0.332 e. The minimum absolute atomic E-state index is 0.123. The number of carbonyl (C=O) groups excluding carboxylic acids is 2. The van der Waals surface area contributed by atoms with E-state index in [0.29, 0.717) is 0 Å². The molecule has 104 valence electrons. The summed E-state index contributed by atoms with van der Waals surface area (Å²) in [5.74, 6) is -0.879. The predicted molar refractivity (Wildman–Crippen MR) is 59.5 cm³/mol. The zero-order valence-corrected chi connectivity index (χ0v) is 10.4. The molecule has 6 nitrogen and oxygen atoms in total. The van der Waals surface area contributed by atoms with Crippen molar-refractivity contribution in [3.8, 4) is 6.07 Å². The molecule has 0 rings (SSSR count). The van der Waals surface area contributed by atoms with E-state index in [4.69, 9.17) is 11.0 Å². The molecule has 0 heterocycles. The van der Waals surface area contributed by atoms with Gasteiger partial charge in [-0.3, -0.25) is 4.79 Å². The number of esters is 2. The molecular formula is C10H16F2N2O4. The van der Waals surface area contributed by atoms with Gasteiger partial charge in [-0.25, -0.2) is 13.6 Å². The summed E-state index contributed by atoms with van der Waals surface area (Å²) in [6.07, 6.45) is 0.903. The summed E-state index contributed by atoms with van der Waals surface area (Å²) >= 11 is 0. The van der Waals surface area contributed by atoms with Gasteiger partial charge in [0.15, 0.2) is 6.67 Å². The molecule has 0 aliphatic carbocycles. The Bertz CT molecular complexity index is 301. The van der Waals surface area contributed by atoms with Crippen LogP contribution in [-0.2, 0) is 19.1 Å². The molecule has 18 heavy (non-hydrogen) atoms. The molecule has 0 bridgehead atoms. The van der Waals surface area contributed by atoms with E-state index in [1.54, 1.807) is 0 Å². The second-order valence-corrected chi connectivity index (χ2v) is 2.36. The van der Waals surface area contributed by atoms with Crippen LogP contribution in [0.3, 0.4) is 0 Å². The van der Waals surface area contributed by atoms with Crippen LogP contribution in [0.25, 0.3) is 0 Å². The summed E-state index contributed by atoms with van der Waals surface area (Å²) in [7, 11) is 2.55. The zero-order chi connectivity index (χ0) is 15.0. The Hall–Kier alpha value is -2.17. The molecule has 0 aromatic carbocycles. The molecule has 2 N–H and O–H groups in total. The summed E-state index contributed by atoms with van der Waals surface area (Å²) in [5, 5.41) is 7.25. The summed E-state index contributed by atoms with van der Waals surface area (Å²) in [5.41, 5.74) is 4.81. The highest BCUT2D eigenvalue weighted by Gasteiger charge is 1.94. The number of alkyl halides is 2. The quantitative estimate of drug-likeness (QED) is 0.581. The minimum atomic E-state index is -0.875. The highest BCUT2D eigenvalue weighted by Crippen LogP contribution is 1.85. The van der Waals surface area contributed by atoms with E-state index in [9.17, 15) is 18.4 Å². The van der Waals surface area contributed by atoms with Crippen LogP contribution in [0.5, 0.6) is 0 Å². The topological polar surface area (TPSA) is 102 Å². The van der Waals surface area contributed by atoms with Crippen molar-refractivity contribution in [3.63, 3.8) is 0 Å². The summed E-state index contributed by atoms with van der Waals surface area (Å²) in [6.45, 7) is -0.338. The molecule has 0 aromatic heterocycles. The Morgan fingerprint density at radius 2 is 1.72 bits per heavy atom. The van der Waals surface area contributed by atoms with Crippen molar-refractivity contribution < 1.29 is 27.8 Å². The van der Waals surface area contributed by atoms with Gasteiger partial charge in [-0.15, -0.1) is 0 Å². The van der Waals surface area contributed by atoms with Crippen LogP contribution in [0.4, 0.5) is 8.78 Å². The first-order valence-electron chi connectivity index (χ1n) is 4.46. The minimum Gasteiger partial charge on any atom is -0.469 e. The van der Waals surface area contributed by atoms with Gasteiger partial charge in [-0.1, -0.05) is 0 Å². The van der Waals surface area contributed by atoms with Crippen LogP contribution in [0, 0.1) is 11.3 Å². The zero-order valence-electron chi connectivity index (χ0n) is 10.4. The van der Waals surface area contributed by atoms with Gasteiger partial charge in [0.1, 0.15) is 6.67 Å². The lowest BCUT2D eigenvalue weighted by Gasteiger charge is -1.91. The van der Waals surface area contributed by atoms with Gasteiger partial charge in [0.25, 0.3) is 0 Å². The lowest BCUT2D eigenvalue weighted by Crippen LogP contribution is -2.04. The number of carbonyl (C=O) groups is 2. The number of nitrogens with zero attached hydrogens (tertiary/aromatic N) is 1. The summed E-state index contributed by atoms with van der Waals surface area (Å²) in [4.78, 5) is 19.8. The Kier molecular flexibility index (Phi) is 20.2. The van der Waals surface area contributed by atoms with Crippen LogP contribution in [-0.4, -0.2) is 39.5 Å². The smallest absolute Gasteiger partial charge is 0.332 e. The molecule has 0 fully saturated rings. The van der Waals surface area contributed by atoms with Crippen LogP contribution in [0.15, 0.2) is 11.8 Å². The largest absolute Gasteiger partial charge is 0.469 e. The van der Waals surface area contributed by atoms with Gasteiger partial charge < -0.3 is 15.2 Å². The van der Waals surface area contributed by atoms with Gasteiger partial charge in [-0.2, -0.15) is 5.26 Å². The molecule has 0 saturated heterocycles. The lowest BCUT2D eigenvalue weighted by atomic mass is 10.4. The van der Waals surface area contributed by atoms with Crippen LogP contribution >= 0.6 is 0 Å². The molecule has 0 aliphatic rings. The second kappa shape index (κ2) is 17.2. The van der Waals surface area contributed by atoms with E-state index in [1.807, 2.05) is 0 Å².